The second kappa shape index (κ2) is 7.20. The van der Waals surface area contributed by atoms with Gasteiger partial charge in [-0.25, -0.2) is 4.98 Å². The SMILES string of the molecule is Cn1ccc(-c2csc(CNC(=O)C3(CC(=O)O)Cc4ccccc4C3)n2)n1. The lowest BCUT2D eigenvalue weighted by Crippen LogP contribution is -2.43. The molecule has 2 aromatic heterocycles. The van der Waals surface area contributed by atoms with Crippen LogP contribution in [0.3, 0.4) is 0 Å². The van der Waals surface area contributed by atoms with E-state index < -0.39 is 11.4 Å². The molecular weight excluding hydrogens is 376 g/mol. The van der Waals surface area contributed by atoms with Gasteiger partial charge in [-0.3, -0.25) is 14.3 Å². The number of carbonyl (C=O) groups is 2. The topological polar surface area (TPSA) is 97.1 Å². The number of fused-ring (bicyclic) bond motifs is 1. The highest BCUT2D eigenvalue weighted by Crippen LogP contribution is 2.40. The molecule has 7 nitrogen and oxygen atoms in total. The Labute approximate surface area is 166 Å². The molecule has 144 valence electrons. The summed E-state index contributed by atoms with van der Waals surface area (Å²) in [6, 6.07) is 9.65. The molecule has 4 rings (SSSR count). The van der Waals surface area contributed by atoms with Crippen LogP contribution < -0.4 is 5.32 Å². The van der Waals surface area contributed by atoms with Gasteiger partial charge in [0, 0.05) is 18.6 Å². The number of carboxylic acids is 1. The lowest BCUT2D eigenvalue weighted by Gasteiger charge is -2.25. The summed E-state index contributed by atoms with van der Waals surface area (Å²) in [6.45, 7) is 0.272. The number of thiazole rings is 1. The number of aliphatic carboxylic acids is 1. The Bertz CT molecular complexity index is 1010. The standard InChI is InChI=1S/C20H20N4O3S/c1-24-7-6-15(23-24)16-12-28-17(22-16)11-21-19(27)20(10-18(25)26)8-13-4-2-3-5-14(13)9-20/h2-7,12H,8-11H2,1H3,(H,21,27)(H,25,26). The number of aryl methyl sites for hydroxylation is 1. The van der Waals surface area contributed by atoms with Crippen molar-refractivity contribution in [3.63, 3.8) is 0 Å². The normalized spacial score (nSPS) is 14.6. The van der Waals surface area contributed by atoms with Gasteiger partial charge in [-0.05, 0) is 30.0 Å². The van der Waals surface area contributed by atoms with E-state index in [-0.39, 0.29) is 18.9 Å². The molecule has 0 bridgehead atoms. The zero-order chi connectivity index (χ0) is 19.7. The fourth-order valence-electron chi connectivity index (χ4n) is 3.75. The Kier molecular flexibility index (Phi) is 4.72. The fourth-order valence-corrected chi connectivity index (χ4v) is 4.48. The van der Waals surface area contributed by atoms with Crippen LogP contribution in [0.1, 0.15) is 22.6 Å². The second-order valence-electron chi connectivity index (χ2n) is 7.16. The first-order valence-electron chi connectivity index (χ1n) is 8.96. The first-order chi connectivity index (χ1) is 13.4. The van der Waals surface area contributed by atoms with Gasteiger partial charge < -0.3 is 10.4 Å². The lowest BCUT2D eigenvalue weighted by atomic mass is 9.80. The molecule has 2 heterocycles. The third-order valence-electron chi connectivity index (χ3n) is 5.08. The molecule has 28 heavy (non-hydrogen) atoms. The zero-order valence-electron chi connectivity index (χ0n) is 15.4. The highest BCUT2D eigenvalue weighted by molar-refractivity contribution is 7.09. The number of nitrogens with zero attached hydrogens (tertiary/aromatic N) is 3. The van der Waals surface area contributed by atoms with Crippen molar-refractivity contribution in [2.45, 2.75) is 25.8 Å². The second-order valence-corrected chi connectivity index (χ2v) is 8.10. The van der Waals surface area contributed by atoms with Crippen molar-refractivity contribution in [2.24, 2.45) is 12.5 Å². The van der Waals surface area contributed by atoms with Crippen molar-refractivity contribution in [1.82, 2.24) is 20.1 Å². The average molecular weight is 396 g/mol. The molecule has 1 aliphatic rings. The molecule has 0 saturated heterocycles. The summed E-state index contributed by atoms with van der Waals surface area (Å²) in [6.07, 6.45) is 2.55. The van der Waals surface area contributed by atoms with E-state index in [9.17, 15) is 14.7 Å². The minimum Gasteiger partial charge on any atom is -0.481 e. The van der Waals surface area contributed by atoms with Crippen LogP contribution in [0.25, 0.3) is 11.4 Å². The Morgan fingerprint density at radius 1 is 1.21 bits per heavy atom. The van der Waals surface area contributed by atoms with Crippen LogP contribution in [0.5, 0.6) is 0 Å². The number of carbonyl (C=O) groups excluding carboxylic acids is 1. The molecule has 1 aliphatic carbocycles. The van der Waals surface area contributed by atoms with Crippen LogP contribution in [0.2, 0.25) is 0 Å². The van der Waals surface area contributed by atoms with Crippen LogP contribution in [0, 0.1) is 5.41 Å². The van der Waals surface area contributed by atoms with Gasteiger partial charge in [0.1, 0.15) is 16.4 Å². The first kappa shape index (κ1) is 18.4. The average Bonchev–Trinajstić information content (AvgIpc) is 3.36. The van der Waals surface area contributed by atoms with Crippen LogP contribution in [0.4, 0.5) is 0 Å². The summed E-state index contributed by atoms with van der Waals surface area (Å²) in [5.41, 5.74) is 2.70. The van der Waals surface area contributed by atoms with E-state index in [4.69, 9.17) is 0 Å². The predicted octanol–water partition coefficient (Wildman–Crippen LogP) is 2.42. The van der Waals surface area contributed by atoms with Crippen LogP contribution in [-0.4, -0.2) is 31.7 Å². The van der Waals surface area contributed by atoms with E-state index in [0.29, 0.717) is 12.8 Å². The van der Waals surface area contributed by atoms with E-state index in [1.165, 1.54) is 11.3 Å². The van der Waals surface area contributed by atoms with Crippen molar-refractivity contribution in [1.29, 1.82) is 0 Å². The summed E-state index contributed by atoms with van der Waals surface area (Å²) < 4.78 is 1.71. The molecule has 0 saturated carbocycles. The van der Waals surface area contributed by atoms with Gasteiger partial charge in [-0.1, -0.05) is 24.3 Å². The Hall–Kier alpha value is -3.00. The summed E-state index contributed by atoms with van der Waals surface area (Å²) in [5.74, 6) is -1.20. The Morgan fingerprint density at radius 2 is 1.93 bits per heavy atom. The van der Waals surface area contributed by atoms with Gasteiger partial charge in [-0.15, -0.1) is 11.3 Å². The lowest BCUT2D eigenvalue weighted by molar-refractivity contribution is -0.145. The maximum Gasteiger partial charge on any atom is 0.304 e. The third-order valence-corrected chi connectivity index (χ3v) is 5.92. The smallest absolute Gasteiger partial charge is 0.304 e. The number of carboxylic acid groups (broad SMARTS) is 1. The van der Waals surface area contributed by atoms with E-state index in [2.05, 4.69) is 15.4 Å². The highest BCUT2D eigenvalue weighted by Gasteiger charge is 2.45. The minimum absolute atomic E-state index is 0.190. The summed E-state index contributed by atoms with van der Waals surface area (Å²) in [7, 11) is 1.85. The van der Waals surface area contributed by atoms with Crippen molar-refractivity contribution in [3.8, 4) is 11.4 Å². The van der Waals surface area contributed by atoms with Crippen molar-refractivity contribution < 1.29 is 14.7 Å². The molecule has 1 aromatic carbocycles. The largest absolute Gasteiger partial charge is 0.481 e. The first-order valence-corrected chi connectivity index (χ1v) is 9.84. The molecule has 0 radical (unpaired) electrons. The molecule has 0 unspecified atom stereocenters. The zero-order valence-corrected chi connectivity index (χ0v) is 16.2. The number of amides is 1. The summed E-state index contributed by atoms with van der Waals surface area (Å²) in [4.78, 5) is 29.0. The number of aromatic nitrogens is 3. The molecule has 1 amide bonds. The molecule has 8 heteroatoms. The summed E-state index contributed by atoms with van der Waals surface area (Å²) >= 11 is 1.45. The van der Waals surface area contributed by atoms with Crippen LogP contribution >= 0.6 is 11.3 Å². The molecule has 3 aromatic rings. The van der Waals surface area contributed by atoms with Gasteiger partial charge in [0.15, 0.2) is 0 Å². The molecule has 0 atom stereocenters. The molecular formula is C20H20N4O3S. The maximum absolute atomic E-state index is 13.0. The Morgan fingerprint density at radius 3 is 2.54 bits per heavy atom. The molecule has 0 aliphatic heterocycles. The fraction of sp³-hybridized carbons (Fsp3) is 0.300. The number of rotatable bonds is 6. The molecule has 0 spiro atoms. The molecule has 0 fully saturated rings. The van der Waals surface area contributed by atoms with Crippen molar-refractivity contribution in [3.05, 3.63) is 58.0 Å². The van der Waals surface area contributed by atoms with E-state index in [1.54, 1.807) is 4.68 Å². The number of hydrogen-bond acceptors (Lipinski definition) is 5. The minimum atomic E-state index is -0.963. The summed E-state index contributed by atoms with van der Waals surface area (Å²) in [5, 5.41) is 19.3. The predicted molar refractivity (Wildman–Crippen MR) is 105 cm³/mol. The third kappa shape index (κ3) is 3.55. The van der Waals surface area contributed by atoms with Gasteiger partial charge in [0.2, 0.25) is 5.91 Å². The van der Waals surface area contributed by atoms with Gasteiger partial charge in [0.25, 0.3) is 0 Å². The van der Waals surface area contributed by atoms with Crippen molar-refractivity contribution >= 4 is 23.2 Å². The van der Waals surface area contributed by atoms with E-state index in [0.717, 1.165) is 27.5 Å². The van der Waals surface area contributed by atoms with Gasteiger partial charge in [-0.2, -0.15) is 5.10 Å². The number of nitrogens with one attached hydrogen (secondary N) is 1. The maximum atomic E-state index is 13.0. The van der Waals surface area contributed by atoms with Crippen molar-refractivity contribution in [2.75, 3.05) is 0 Å². The van der Waals surface area contributed by atoms with Crippen LogP contribution in [0.15, 0.2) is 41.9 Å². The molecule has 2 N–H and O–H groups in total. The van der Waals surface area contributed by atoms with E-state index >= 15 is 0 Å². The highest BCUT2D eigenvalue weighted by atomic mass is 32.1. The van der Waals surface area contributed by atoms with E-state index in [1.807, 2.05) is 49.0 Å². The number of benzene rings is 1. The van der Waals surface area contributed by atoms with Crippen LogP contribution in [-0.2, 0) is 36.0 Å². The van der Waals surface area contributed by atoms with Gasteiger partial charge >= 0.3 is 5.97 Å². The Balaban J connectivity index is 1.47. The quantitative estimate of drug-likeness (QED) is 0.667. The van der Waals surface area contributed by atoms with Gasteiger partial charge in [0.05, 0.1) is 18.4 Å². The number of hydrogen-bond donors (Lipinski definition) is 2. The monoisotopic (exact) mass is 396 g/mol.